The van der Waals surface area contributed by atoms with Crippen LogP contribution in [-0.4, -0.2) is 30.4 Å². The van der Waals surface area contributed by atoms with Gasteiger partial charge in [0, 0.05) is 18.3 Å². The smallest absolute Gasteiger partial charge is 0.254 e. The molecule has 1 rings (SSSR count). The number of nitrogens with one attached hydrogen (secondary N) is 3. The number of rotatable bonds is 4. The summed E-state index contributed by atoms with van der Waals surface area (Å²) < 4.78 is 0. The molecule has 0 saturated carbocycles. The zero-order valence-electron chi connectivity index (χ0n) is 13.6. The Labute approximate surface area is 126 Å². The first-order valence-corrected chi connectivity index (χ1v) is 7.05. The molecule has 116 valence electrons. The molecule has 0 saturated heterocycles. The van der Waals surface area contributed by atoms with Gasteiger partial charge in [0.05, 0.1) is 5.56 Å². The Hall–Kier alpha value is -2.04. The molecule has 2 amide bonds. The van der Waals surface area contributed by atoms with Crippen LogP contribution in [0.15, 0.2) is 18.2 Å². The van der Waals surface area contributed by atoms with Crippen LogP contribution in [0.25, 0.3) is 0 Å². The fourth-order valence-electron chi connectivity index (χ4n) is 1.88. The Kier molecular flexibility index (Phi) is 5.35. The molecule has 0 aromatic heterocycles. The van der Waals surface area contributed by atoms with Gasteiger partial charge in [0.2, 0.25) is 5.91 Å². The van der Waals surface area contributed by atoms with Crippen LogP contribution in [0.3, 0.4) is 0 Å². The molecule has 0 spiro atoms. The predicted molar refractivity (Wildman–Crippen MR) is 85.5 cm³/mol. The Bertz CT molecular complexity index is 533. The van der Waals surface area contributed by atoms with Crippen LogP contribution in [0.1, 0.15) is 43.6 Å². The maximum atomic E-state index is 12.3. The van der Waals surface area contributed by atoms with E-state index in [1.165, 1.54) is 0 Å². The summed E-state index contributed by atoms with van der Waals surface area (Å²) >= 11 is 0. The van der Waals surface area contributed by atoms with E-state index in [0.29, 0.717) is 5.56 Å². The SMILES string of the molecule is CNc1ccc(C)cc1C(=O)NC(C)C(=O)NC(C)(C)C. The molecule has 1 aromatic carbocycles. The summed E-state index contributed by atoms with van der Waals surface area (Å²) in [4.78, 5) is 24.3. The number of amides is 2. The first-order chi connectivity index (χ1) is 9.64. The highest BCUT2D eigenvalue weighted by Crippen LogP contribution is 2.16. The van der Waals surface area contributed by atoms with Gasteiger partial charge >= 0.3 is 0 Å². The molecule has 0 aliphatic heterocycles. The Morgan fingerprint density at radius 2 is 1.81 bits per heavy atom. The summed E-state index contributed by atoms with van der Waals surface area (Å²) in [6.07, 6.45) is 0. The van der Waals surface area contributed by atoms with E-state index in [4.69, 9.17) is 0 Å². The molecule has 1 atom stereocenters. The Balaban J connectivity index is 2.81. The van der Waals surface area contributed by atoms with Crippen LogP contribution in [0.5, 0.6) is 0 Å². The number of aryl methyl sites for hydroxylation is 1. The van der Waals surface area contributed by atoms with Crippen molar-refractivity contribution >= 4 is 17.5 Å². The minimum Gasteiger partial charge on any atom is -0.387 e. The van der Waals surface area contributed by atoms with Crippen molar-refractivity contribution in [2.75, 3.05) is 12.4 Å². The second-order valence-corrected chi connectivity index (χ2v) is 6.23. The standard InChI is InChI=1S/C16H25N3O2/c1-10-7-8-13(17-6)12(9-10)15(21)18-11(2)14(20)19-16(3,4)5/h7-9,11,17H,1-6H3,(H,18,21)(H,19,20). The van der Waals surface area contributed by atoms with Crippen molar-refractivity contribution in [3.8, 4) is 0 Å². The molecule has 0 heterocycles. The second kappa shape index (κ2) is 6.61. The molecular formula is C16H25N3O2. The summed E-state index contributed by atoms with van der Waals surface area (Å²) in [5.74, 6) is -0.464. The van der Waals surface area contributed by atoms with Gasteiger partial charge in [-0.3, -0.25) is 9.59 Å². The number of hydrogen-bond donors (Lipinski definition) is 3. The highest BCUT2D eigenvalue weighted by atomic mass is 16.2. The van der Waals surface area contributed by atoms with Gasteiger partial charge < -0.3 is 16.0 Å². The average molecular weight is 291 g/mol. The van der Waals surface area contributed by atoms with Gasteiger partial charge in [-0.05, 0) is 46.8 Å². The molecule has 0 bridgehead atoms. The first kappa shape index (κ1) is 17.0. The second-order valence-electron chi connectivity index (χ2n) is 6.23. The lowest BCUT2D eigenvalue weighted by molar-refractivity contribution is -0.124. The number of benzene rings is 1. The fraction of sp³-hybridized carbons (Fsp3) is 0.500. The van der Waals surface area contributed by atoms with Crippen LogP contribution in [-0.2, 0) is 4.79 Å². The third-order valence-electron chi connectivity index (χ3n) is 2.93. The van der Waals surface area contributed by atoms with Gasteiger partial charge in [0.25, 0.3) is 5.91 Å². The quantitative estimate of drug-likeness (QED) is 0.795. The molecule has 5 nitrogen and oxygen atoms in total. The molecule has 21 heavy (non-hydrogen) atoms. The van der Waals surface area contributed by atoms with Crippen LogP contribution < -0.4 is 16.0 Å². The number of hydrogen-bond acceptors (Lipinski definition) is 3. The van der Waals surface area contributed by atoms with Crippen LogP contribution in [0.4, 0.5) is 5.69 Å². The van der Waals surface area contributed by atoms with E-state index in [-0.39, 0.29) is 17.4 Å². The highest BCUT2D eigenvalue weighted by Gasteiger charge is 2.22. The van der Waals surface area contributed by atoms with Crippen molar-refractivity contribution < 1.29 is 9.59 Å². The normalized spacial score (nSPS) is 12.5. The van der Waals surface area contributed by atoms with Crippen LogP contribution in [0.2, 0.25) is 0 Å². The molecule has 1 unspecified atom stereocenters. The largest absolute Gasteiger partial charge is 0.387 e. The maximum Gasteiger partial charge on any atom is 0.254 e. The molecule has 0 fully saturated rings. The summed E-state index contributed by atoms with van der Waals surface area (Å²) in [7, 11) is 1.76. The summed E-state index contributed by atoms with van der Waals surface area (Å²) in [6.45, 7) is 9.30. The maximum absolute atomic E-state index is 12.3. The van der Waals surface area contributed by atoms with E-state index >= 15 is 0 Å². The van der Waals surface area contributed by atoms with Gasteiger partial charge in [-0.25, -0.2) is 0 Å². The minimum absolute atomic E-state index is 0.200. The van der Waals surface area contributed by atoms with Crippen molar-refractivity contribution in [2.45, 2.75) is 46.2 Å². The lowest BCUT2D eigenvalue weighted by Crippen LogP contribution is -2.50. The minimum atomic E-state index is -0.595. The van der Waals surface area contributed by atoms with Gasteiger partial charge in [-0.2, -0.15) is 0 Å². The summed E-state index contributed by atoms with van der Waals surface area (Å²) in [5, 5.41) is 8.56. The van der Waals surface area contributed by atoms with E-state index in [1.54, 1.807) is 20.0 Å². The molecule has 1 aromatic rings. The van der Waals surface area contributed by atoms with Crippen molar-refractivity contribution in [1.29, 1.82) is 0 Å². The summed E-state index contributed by atoms with van der Waals surface area (Å²) in [5.41, 5.74) is 1.94. The van der Waals surface area contributed by atoms with E-state index in [2.05, 4.69) is 16.0 Å². The lowest BCUT2D eigenvalue weighted by atomic mass is 10.1. The Morgan fingerprint density at radius 3 is 2.33 bits per heavy atom. The molecule has 0 aliphatic carbocycles. The number of carbonyl (C=O) groups is 2. The van der Waals surface area contributed by atoms with Crippen molar-refractivity contribution in [3.63, 3.8) is 0 Å². The molecular weight excluding hydrogens is 266 g/mol. The van der Waals surface area contributed by atoms with E-state index in [0.717, 1.165) is 11.3 Å². The zero-order chi connectivity index (χ0) is 16.2. The Morgan fingerprint density at radius 1 is 1.19 bits per heavy atom. The van der Waals surface area contributed by atoms with Crippen molar-refractivity contribution in [2.24, 2.45) is 0 Å². The molecule has 3 N–H and O–H groups in total. The topological polar surface area (TPSA) is 70.2 Å². The van der Waals surface area contributed by atoms with Crippen LogP contribution in [0, 0.1) is 6.92 Å². The van der Waals surface area contributed by atoms with E-state index < -0.39 is 6.04 Å². The first-order valence-electron chi connectivity index (χ1n) is 7.05. The van der Waals surface area contributed by atoms with E-state index in [1.807, 2.05) is 39.8 Å². The van der Waals surface area contributed by atoms with E-state index in [9.17, 15) is 9.59 Å². The molecule has 0 aliphatic rings. The third-order valence-corrected chi connectivity index (χ3v) is 2.93. The van der Waals surface area contributed by atoms with Crippen LogP contribution >= 0.6 is 0 Å². The van der Waals surface area contributed by atoms with Gasteiger partial charge in [0.1, 0.15) is 6.04 Å². The zero-order valence-corrected chi connectivity index (χ0v) is 13.6. The third kappa shape index (κ3) is 5.10. The average Bonchev–Trinajstić information content (AvgIpc) is 2.36. The van der Waals surface area contributed by atoms with Gasteiger partial charge in [0.15, 0.2) is 0 Å². The lowest BCUT2D eigenvalue weighted by Gasteiger charge is -2.24. The predicted octanol–water partition coefficient (Wildman–Crippen LogP) is 2.07. The molecule has 0 radical (unpaired) electrons. The van der Waals surface area contributed by atoms with Crippen molar-refractivity contribution in [3.05, 3.63) is 29.3 Å². The van der Waals surface area contributed by atoms with Gasteiger partial charge in [-0.1, -0.05) is 11.6 Å². The highest BCUT2D eigenvalue weighted by molar-refractivity contribution is 6.01. The monoisotopic (exact) mass is 291 g/mol. The van der Waals surface area contributed by atoms with Crippen molar-refractivity contribution in [1.82, 2.24) is 10.6 Å². The van der Waals surface area contributed by atoms with Gasteiger partial charge in [-0.15, -0.1) is 0 Å². The fourth-order valence-corrected chi connectivity index (χ4v) is 1.88. The number of anilines is 1. The summed E-state index contributed by atoms with van der Waals surface area (Å²) in [6, 6.07) is 4.99. The molecule has 5 heteroatoms. The number of carbonyl (C=O) groups excluding carboxylic acids is 2.